The van der Waals surface area contributed by atoms with Crippen molar-refractivity contribution in [2.45, 2.75) is 45.7 Å². The molecule has 0 unspecified atom stereocenters. The molecule has 0 amide bonds. The van der Waals surface area contributed by atoms with Crippen molar-refractivity contribution < 1.29 is 0 Å². The summed E-state index contributed by atoms with van der Waals surface area (Å²) in [5.74, 6) is 0.765. The zero-order valence-corrected chi connectivity index (χ0v) is 13.7. The molecule has 0 saturated carbocycles. The van der Waals surface area contributed by atoms with E-state index in [1.165, 1.54) is 38.0 Å². The topological polar surface area (TPSA) is 15.3 Å². The Balaban J connectivity index is 1.82. The van der Waals surface area contributed by atoms with Crippen LogP contribution in [0.2, 0.25) is 5.02 Å². The highest BCUT2D eigenvalue weighted by Crippen LogP contribution is 2.24. The van der Waals surface area contributed by atoms with Crippen LogP contribution in [0, 0.1) is 5.92 Å². The largest absolute Gasteiger partial charge is 0.307 e. The number of hydrogen-bond donors (Lipinski definition) is 1. The molecule has 3 heteroatoms. The van der Waals surface area contributed by atoms with Gasteiger partial charge in [0.25, 0.3) is 0 Å². The van der Waals surface area contributed by atoms with E-state index in [1.54, 1.807) is 0 Å². The van der Waals surface area contributed by atoms with E-state index in [2.05, 4.69) is 43.1 Å². The molecule has 1 fully saturated rings. The monoisotopic (exact) mass is 294 g/mol. The van der Waals surface area contributed by atoms with Crippen molar-refractivity contribution in [1.29, 1.82) is 0 Å². The minimum absolute atomic E-state index is 0.324. The summed E-state index contributed by atoms with van der Waals surface area (Å²) in [6.07, 6.45) is 2.48. The summed E-state index contributed by atoms with van der Waals surface area (Å²) in [7, 11) is 0. The molecule has 0 spiro atoms. The molecular weight excluding hydrogens is 268 g/mol. The molecule has 2 nitrogen and oxygen atoms in total. The van der Waals surface area contributed by atoms with Crippen LogP contribution in [-0.4, -0.2) is 30.6 Å². The van der Waals surface area contributed by atoms with Gasteiger partial charge in [0.15, 0.2) is 0 Å². The van der Waals surface area contributed by atoms with Gasteiger partial charge in [0, 0.05) is 23.7 Å². The van der Waals surface area contributed by atoms with Crippen LogP contribution in [0.15, 0.2) is 24.3 Å². The van der Waals surface area contributed by atoms with Crippen molar-refractivity contribution in [3.05, 3.63) is 34.9 Å². The van der Waals surface area contributed by atoms with Crippen LogP contribution in [0.4, 0.5) is 0 Å². The second kappa shape index (κ2) is 7.44. The highest BCUT2D eigenvalue weighted by Gasteiger charge is 2.21. The van der Waals surface area contributed by atoms with E-state index in [-0.39, 0.29) is 0 Å². The van der Waals surface area contributed by atoms with E-state index < -0.39 is 0 Å². The van der Waals surface area contributed by atoms with Crippen molar-refractivity contribution in [3.63, 3.8) is 0 Å². The Morgan fingerprint density at radius 3 is 2.45 bits per heavy atom. The maximum atomic E-state index is 6.27. The van der Waals surface area contributed by atoms with E-state index in [0.29, 0.717) is 12.1 Å². The van der Waals surface area contributed by atoms with Gasteiger partial charge < -0.3 is 10.2 Å². The first-order valence-electron chi connectivity index (χ1n) is 7.79. The quantitative estimate of drug-likeness (QED) is 0.879. The highest BCUT2D eigenvalue weighted by molar-refractivity contribution is 6.31. The number of piperidine rings is 1. The minimum Gasteiger partial charge on any atom is -0.307 e. The Hall–Kier alpha value is -0.570. The summed E-state index contributed by atoms with van der Waals surface area (Å²) in [5.41, 5.74) is 1.21. The summed E-state index contributed by atoms with van der Waals surface area (Å²) in [6.45, 7) is 10.5. The normalized spacial score (nSPS) is 19.4. The second-order valence-electron chi connectivity index (χ2n) is 6.38. The maximum absolute atomic E-state index is 6.27. The number of rotatable bonds is 5. The van der Waals surface area contributed by atoms with Gasteiger partial charge in [-0.05, 0) is 50.4 Å². The van der Waals surface area contributed by atoms with Gasteiger partial charge in [-0.25, -0.2) is 0 Å². The SMILES string of the molecule is CC(C)CN1CCC(N[C@H](C)c2ccccc2Cl)CC1. The molecule has 0 aliphatic carbocycles. The van der Waals surface area contributed by atoms with Crippen LogP contribution < -0.4 is 5.32 Å². The van der Waals surface area contributed by atoms with Gasteiger partial charge in [-0.1, -0.05) is 43.6 Å². The number of nitrogens with one attached hydrogen (secondary N) is 1. The van der Waals surface area contributed by atoms with E-state index in [4.69, 9.17) is 11.6 Å². The Labute approximate surface area is 128 Å². The first-order chi connectivity index (χ1) is 9.56. The van der Waals surface area contributed by atoms with Gasteiger partial charge in [0.1, 0.15) is 0 Å². The molecule has 1 N–H and O–H groups in total. The van der Waals surface area contributed by atoms with E-state index >= 15 is 0 Å². The highest BCUT2D eigenvalue weighted by atomic mass is 35.5. The molecule has 112 valence electrons. The molecule has 0 aromatic heterocycles. The summed E-state index contributed by atoms with van der Waals surface area (Å²) in [6, 6.07) is 9.08. The lowest BCUT2D eigenvalue weighted by molar-refractivity contribution is 0.175. The van der Waals surface area contributed by atoms with Crippen LogP contribution in [0.3, 0.4) is 0 Å². The first-order valence-corrected chi connectivity index (χ1v) is 8.17. The predicted octanol–water partition coefficient (Wildman–Crippen LogP) is 4.11. The molecule has 1 saturated heterocycles. The third kappa shape index (κ3) is 4.47. The molecule has 1 aliphatic heterocycles. The van der Waals surface area contributed by atoms with Crippen molar-refractivity contribution >= 4 is 11.6 Å². The zero-order chi connectivity index (χ0) is 14.5. The van der Waals surface area contributed by atoms with Crippen LogP contribution in [-0.2, 0) is 0 Å². The molecule has 0 bridgehead atoms. The van der Waals surface area contributed by atoms with E-state index in [0.717, 1.165) is 10.9 Å². The van der Waals surface area contributed by atoms with Gasteiger partial charge >= 0.3 is 0 Å². The first kappa shape index (κ1) is 15.8. The number of nitrogens with zero attached hydrogens (tertiary/aromatic N) is 1. The molecule has 2 rings (SSSR count). The molecule has 1 aromatic carbocycles. The average Bonchev–Trinajstić information content (AvgIpc) is 2.41. The van der Waals surface area contributed by atoms with Gasteiger partial charge in [-0.3, -0.25) is 0 Å². The summed E-state index contributed by atoms with van der Waals surface area (Å²) < 4.78 is 0. The molecule has 1 atom stereocenters. The van der Waals surface area contributed by atoms with Crippen LogP contribution in [0.1, 0.15) is 45.2 Å². The lowest BCUT2D eigenvalue weighted by Gasteiger charge is -2.35. The zero-order valence-electron chi connectivity index (χ0n) is 12.9. The molecule has 20 heavy (non-hydrogen) atoms. The van der Waals surface area contributed by atoms with Crippen molar-refractivity contribution in [1.82, 2.24) is 10.2 Å². The summed E-state index contributed by atoms with van der Waals surface area (Å²) in [4.78, 5) is 2.59. The Kier molecular flexibility index (Phi) is 5.88. The maximum Gasteiger partial charge on any atom is 0.0453 e. The molecule has 1 heterocycles. The number of likely N-dealkylation sites (tertiary alicyclic amines) is 1. The van der Waals surface area contributed by atoms with Crippen molar-refractivity contribution in [2.24, 2.45) is 5.92 Å². The average molecular weight is 295 g/mol. The molecule has 0 radical (unpaired) electrons. The third-order valence-electron chi connectivity index (χ3n) is 4.07. The second-order valence-corrected chi connectivity index (χ2v) is 6.79. The fourth-order valence-corrected chi connectivity index (χ4v) is 3.37. The van der Waals surface area contributed by atoms with Crippen LogP contribution in [0.5, 0.6) is 0 Å². The van der Waals surface area contributed by atoms with Gasteiger partial charge in [0.2, 0.25) is 0 Å². The Morgan fingerprint density at radius 1 is 1.20 bits per heavy atom. The van der Waals surface area contributed by atoms with Gasteiger partial charge in [-0.15, -0.1) is 0 Å². The lowest BCUT2D eigenvalue weighted by atomic mass is 10.0. The fourth-order valence-electron chi connectivity index (χ4n) is 3.07. The minimum atomic E-state index is 0.324. The van der Waals surface area contributed by atoms with Crippen molar-refractivity contribution in [3.8, 4) is 0 Å². The standard InChI is InChI=1S/C17H27ClN2/c1-13(2)12-20-10-8-15(9-11-20)19-14(3)16-6-4-5-7-17(16)18/h4-7,13-15,19H,8-12H2,1-3H3/t14-/m1/s1. The number of halogens is 1. The third-order valence-corrected chi connectivity index (χ3v) is 4.41. The predicted molar refractivity (Wildman–Crippen MR) is 87.3 cm³/mol. The molecule has 1 aromatic rings. The fraction of sp³-hybridized carbons (Fsp3) is 0.647. The lowest BCUT2D eigenvalue weighted by Crippen LogP contribution is -2.44. The molecule has 1 aliphatic rings. The smallest absolute Gasteiger partial charge is 0.0453 e. The van der Waals surface area contributed by atoms with E-state index in [1.807, 2.05) is 12.1 Å². The van der Waals surface area contributed by atoms with Gasteiger partial charge in [0.05, 0.1) is 0 Å². The van der Waals surface area contributed by atoms with Crippen LogP contribution in [0.25, 0.3) is 0 Å². The number of hydrogen-bond acceptors (Lipinski definition) is 2. The van der Waals surface area contributed by atoms with E-state index in [9.17, 15) is 0 Å². The Morgan fingerprint density at radius 2 is 1.85 bits per heavy atom. The van der Waals surface area contributed by atoms with Crippen molar-refractivity contribution in [2.75, 3.05) is 19.6 Å². The molecular formula is C17H27ClN2. The van der Waals surface area contributed by atoms with Crippen LogP contribution >= 0.6 is 11.6 Å². The number of benzene rings is 1. The van der Waals surface area contributed by atoms with Gasteiger partial charge in [-0.2, -0.15) is 0 Å². The summed E-state index contributed by atoms with van der Waals surface area (Å²) >= 11 is 6.27. The Bertz CT molecular complexity index is 411. The summed E-state index contributed by atoms with van der Waals surface area (Å²) in [5, 5.41) is 4.60.